The average Bonchev–Trinajstić information content (AvgIpc) is 0.898. The molecule has 0 aromatic heterocycles. The highest BCUT2D eigenvalue weighted by Crippen LogP contribution is 2.09. The fraction of sp³-hybridized carbons (Fsp3) is 0.817. The molecule has 0 aliphatic heterocycles. The number of imide groups is 5. The molecule has 0 atom stereocenters. The van der Waals surface area contributed by atoms with Gasteiger partial charge < -0.3 is 97.0 Å². The maximum absolute atomic E-state index is 12.1. The number of ether oxygens (including phenoxy) is 6. The molecule has 0 rings (SSSR count). The molecule has 0 fully saturated rings. The number of rotatable bonds is 39. The molecule has 716 valence electrons. The van der Waals surface area contributed by atoms with E-state index in [2.05, 4.69) is 30.7 Å². The molecule has 0 aromatic carbocycles. The summed E-state index contributed by atoms with van der Waals surface area (Å²) in [5.41, 5.74) is 0. The minimum atomic E-state index is -0.648. The molecule has 0 N–H and O–H groups in total. The lowest BCUT2D eigenvalue weighted by atomic mass is 10.3. The number of carbonyl (C=O) groups is 15. The summed E-state index contributed by atoms with van der Waals surface area (Å²) in [5, 5.41) is 0. The highest BCUT2D eigenvalue weighted by Gasteiger charge is 2.28. The lowest BCUT2D eigenvalue weighted by molar-refractivity contribution is -0.129. The Bertz CT molecular complexity index is 2910. The first-order valence-electron chi connectivity index (χ1n) is 43.0. The summed E-state index contributed by atoms with van der Waals surface area (Å²) in [5.74, 6) is -0.300. The molecule has 0 aromatic rings. The minimum absolute atomic E-state index is 0.00344. The molecule has 40 heteroatoms. The second-order valence-corrected chi connectivity index (χ2v) is 27.4. The quantitative estimate of drug-likeness (QED) is 0.0516. The number of carbonyl (C=O) groups excluding carboxylic acids is 15. The molecule has 122 heavy (non-hydrogen) atoms. The lowest BCUT2D eigenvalue weighted by Gasteiger charge is -2.26. The van der Waals surface area contributed by atoms with Crippen LogP contribution < -0.4 is 0 Å². The largest absolute Gasteiger partial charge is 0.450 e. The Kier molecular flexibility index (Phi) is 79.7. The summed E-state index contributed by atoms with van der Waals surface area (Å²) in [6, 6.07) is -1.46. The highest BCUT2D eigenvalue weighted by molar-refractivity contribution is 5.95. The van der Waals surface area contributed by atoms with Crippen molar-refractivity contribution in [2.75, 3.05) is 276 Å². The van der Waals surface area contributed by atoms with E-state index in [0.717, 1.165) is 73.2 Å². The van der Waals surface area contributed by atoms with E-state index in [1.807, 2.05) is 48.8 Å². The van der Waals surface area contributed by atoms with Crippen molar-refractivity contribution in [1.82, 2.24) is 93.1 Å². The van der Waals surface area contributed by atoms with Crippen molar-refractivity contribution in [2.45, 2.75) is 176 Å². The highest BCUT2D eigenvalue weighted by atomic mass is 16.6. The van der Waals surface area contributed by atoms with Crippen molar-refractivity contribution < 1.29 is 100 Å². The van der Waals surface area contributed by atoms with Gasteiger partial charge in [-0.25, -0.2) is 77.0 Å². The maximum atomic E-state index is 12.1. The Morgan fingerprint density at radius 1 is 0.172 bits per heavy atom. The Balaban J connectivity index is -0.000000255. The van der Waals surface area contributed by atoms with Gasteiger partial charge in [-0.3, -0.25) is 19.4 Å². The zero-order valence-electron chi connectivity index (χ0n) is 81.6. The number of amides is 22. The topological polar surface area (TPSA) is 373 Å². The second kappa shape index (κ2) is 77.4. The minimum Gasteiger partial charge on any atom is -0.450 e. The van der Waals surface area contributed by atoms with Gasteiger partial charge in [-0.05, 0) is 176 Å². The third-order valence-electron chi connectivity index (χ3n) is 18.1. The average molecular weight is 1760 g/mol. The smallest absolute Gasteiger partial charge is 0.417 e. The van der Waals surface area contributed by atoms with Crippen molar-refractivity contribution >= 4 is 90.6 Å². The predicted octanol–water partition coefficient (Wildman–Crippen LogP) is 11.3. The van der Waals surface area contributed by atoms with Crippen LogP contribution in [0.1, 0.15) is 176 Å². The van der Waals surface area contributed by atoms with Crippen molar-refractivity contribution in [3.05, 3.63) is 0 Å². The zero-order chi connectivity index (χ0) is 95.9. The Morgan fingerprint density at radius 2 is 0.336 bits per heavy atom. The molecule has 0 saturated heterocycles. The molecule has 22 amide bonds. The Hall–Kier alpha value is -9.63. The third kappa shape index (κ3) is 56.9. The Labute approximate surface area is 733 Å². The summed E-state index contributed by atoms with van der Waals surface area (Å²) in [4.78, 5) is 203. The molecule has 0 spiro atoms. The van der Waals surface area contributed by atoms with Crippen LogP contribution in [0, 0.1) is 0 Å². The summed E-state index contributed by atoms with van der Waals surface area (Å²) in [6.07, 6.45) is 1.63. The predicted molar refractivity (Wildman–Crippen MR) is 476 cm³/mol. The van der Waals surface area contributed by atoms with Crippen molar-refractivity contribution in [3.8, 4) is 0 Å². The summed E-state index contributed by atoms with van der Waals surface area (Å²) >= 11 is 0. The van der Waals surface area contributed by atoms with Crippen LogP contribution in [0.4, 0.5) is 62.3 Å². The molecule has 0 heterocycles. The first-order valence-corrected chi connectivity index (χ1v) is 43.0. The number of nitrogens with zero attached hydrogens (tertiary/aromatic N) is 19. The molecule has 0 saturated carbocycles. The number of hydrogen-bond acceptors (Lipinski definition) is 23. The normalized spacial score (nSPS) is 9.96. The molecule has 40 nitrogen and oxygen atoms in total. The van der Waals surface area contributed by atoms with Gasteiger partial charge in [0.05, 0.1) is 39.6 Å². The van der Waals surface area contributed by atoms with Crippen LogP contribution in [-0.4, -0.2) is 459 Å². The van der Waals surface area contributed by atoms with E-state index >= 15 is 0 Å². The van der Waals surface area contributed by atoms with Crippen LogP contribution >= 0.6 is 0 Å². The Morgan fingerprint density at radius 3 is 0.525 bits per heavy atom. The molecule has 0 radical (unpaired) electrons. The van der Waals surface area contributed by atoms with Crippen LogP contribution in [0.2, 0.25) is 0 Å². The van der Waals surface area contributed by atoms with E-state index in [1.165, 1.54) is 44.1 Å². The van der Waals surface area contributed by atoms with E-state index in [9.17, 15) is 71.9 Å². The van der Waals surface area contributed by atoms with E-state index < -0.39 is 30.4 Å². The van der Waals surface area contributed by atoms with Gasteiger partial charge in [0.1, 0.15) is 0 Å². The van der Waals surface area contributed by atoms with Crippen LogP contribution in [0.15, 0.2) is 0 Å². The monoisotopic (exact) mass is 1750 g/mol. The zero-order valence-corrected chi connectivity index (χ0v) is 81.6. The van der Waals surface area contributed by atoms with Gasteiger partial charge in [-0.15, -0.1) is 0 Å². The first kappa shape index (κ1) is 126. The van der Waals surface area contributed by atoms with Crippen molar-refractivity contribution in [3.63, 3.8) is 0 Å². The molecule has 0 aliphatic rings. The van der Waals surface area contributed by atoms with Crippen LogP contribution in [-0.2, 0) is 38.0 Å². The number of urea groups is 7. The molecule has 0 bridgehead atoms. The van der Waals surface area contributed by atoms with Crippen molar-refractivity contribution in [1.29, 1.82) is 0 Å². The molecular weight excluding hydrogens is 1590 g/mol. The standard InChI is InChI=1S/C14H27N3O5.C14H27N3O4.C13H27N3O3.C12H25N3O3.C11H25N3O.C9H18N2O3.C9H18N2O2/c1-6-17(14(20)22-8-3)12(18)15(4)10-9-11-16(5)13(19)21-7-2;1-6-12(18)17(7-2)13(19)15(4)10-9-11-16(5)14(20)21-8-3;1-6-14(4)10-9-11-15(5)12(17)16(7-2)13(18)19-8-3;1-6-13(3)11(16)14(4)9-8-10-15(5)12(17)18-7-2;1-6-12(3)9-8-10-14(5)11(15)13(4)7-2;1-5-10(4)8(12)11(6-2)9(13)14-7-3;1-5-8(12)11(7-3)9(13)10(4)6-2/h6-11H2,1-5H3;6-11H2,1-5H3;6-11H2,1-5H3;6-10H2,1-5H3;6-10H2,1-5H3;5-7H2,1-4H3;5-7H2,1-4H3. The van der Waals surface area contributed by atoms with Crippen LogP contribution in [0.5, 0.6) is 0 Å². The van der Waals surface area contributed by atoms with Gasteiger partial charge in [0.2, 0.25) is 11.8 Å². The molecule has 0 unspecified atom stereocenters. The lowest BCUT2D eigenvalue weighted by Crippen LogP contribution is -2.45. The molecule has 0 aliphatic carbocycles. The maximum Gasteiger partial charge on any atom is 0.417 e. The van der Waals surface area contributed by atoms with Gasteiger partial charge in [0.25, 0.3) is 0 Å². The summed E-state index contributed by atoms with van der Waals surface area (Å²) < 4.78 is 29.0. The summed E-state index contributed by atoms with van der Waals surface area (Å²) in [7, 11) is 24.6. The van der Waals surface area contributed by atoms with Gasteiger partial charge >= 0.3 is 78.8 Å². The van der Waals surface area contributed by atoms with E-state index in [4.69, 9.17) is 28.4 Å². The fourth-order valence-electron chi connectivity index (χ4n) is 9.56. The number of hydrogen-bond donors (Lipinski definition) is 0. The second-order valence-electron chi connectivity index (χ2n) is 27.4. The van der Waals surface area contributed by atoms with E-state index in [-0.39, 0.29) is 86.6 Å². The van der Waals surface area contributed by atoms with E-state index in [0.29, 0.717) is 137 Å². The van der Waals surface area contributed by atoms with Gasteiger partial charge in [-0.2, -0.15) is 0 Å². The van der Waals surface area contributed by atoms with Crippen molar-refractivity contribution in [2.24, 2.45) is 0 Å². The van der Waals surface area contributed by atoms with E-state index in [1.54, 1.807) is 185 Å². The SMILES string of the molecule is CCC(=O)N(CC)C(=O)N(C)CC.CCN(C)CCCN(C)C(=O)N(C)CC.CCOC(=O)N(C)CCCN(C)C(=O)N(C)CC.CCOC(=O)N(C)CCCN(C)C(=O)N(CC)C(=O)CC.CCOC(=O)N(C)CCCN(C)C(=O)N(CC)C(=O)OCC.CCOC(=O)N(CC)C(=O)N(C)CC.CCOC(=O)N(CC)C(=O)N(C)CCCN(C)CC. The van der Waals surface area contributed by atoms with Gasteiger partial charge in [-0.1, -0.05) is 27.7 Å². The molecular formula is C82H167N19O21. The van der Waals surface area contributed by atoms with Gasteiger partial charge in [0.15, 0.2) is 0 Å². The fourth-order valence-corrected chi connectivity index (χ4v) is 9.56. The summed E-state index contributed by atoms with van der Waals surface area (Å²) in [6.45, 7) is 49.1. The van der Waals surface area contributed by atoms with Gasteiger partial charge in [0, 0.05) is 209 Å². The van der Waals surface area contributed by atoms with Crippen LogP contribution in [0.3, 0.4) is 0 Å². The first-order chi connectivity index (χ1) is 57.4. The third-order valence-corrected chi connectivity index (χ3v) is 18.1. The van der Waals surface area contributed by atoms with Crippen LogP contribution in [0.25, 0.3) is 0 Å².